The molecule has 82 valence electrons. The molecular formula is C12H16O3. The Balaban J connectivity index is 2.70. The minimum atomic E-state index is -1.26. The van der Waals surface area contributed by atoms with Gasteiger partial charge in [-0.3, -0.25) is 4.79 Å². The van der Waals surface area contributed by atoms with E-state index >= 15 is 0 Å². The molecule has 0 unspecified atom stereocenters. The molecule has 0 saturated heterocycles. The molecular weight excluding hydrogens is 192 g/mol. The molecule has 1 N–H and O–H groups in total. The molecule has 1 rings (SSSR count). The second-order valence-corrected chi connectivity index (χ2v) is 4.01. The molecule has 15 heavy (non-hydrogen) atoms. The SMILES string of the molecule is COc1ccc(CC(=O)C(C)(C)O)cc1. The molecule has 0 fully saturated rings. The van der Waals surface area contributed by atoms with Gasteiger partial charge >= 0.3 is 0 Å². The summed E-state index contributed by atoms with van der Waals surface area (Å²) in [5.74, 6) is 0.571. The van der Waals surface area contributed by atoms with Crippen LogP contribution in [0.3, 0.4) is 0 Å². The summed E-state index contributed by atoms with van der Waals surface area (Å²) in [5, 5.41) is 9.47. The van der Waals surface area contributed by atoms with Gasteiger partial charge in [0.15, 0.2) is 5.78 Å². The topological polar surface area (TPSA) is 46.5 Å². The van der Waals surface area contributed by atoms with Gasteiger partial charge in [-0.15, -0.1) is 0 Å². The number of carbonyl (C=O) groups excluding carboxylic acids is 1. The third kappa shape index (κ3) is 3.36. The number of ketones is 1. The quantitative estimate of drug-likeness (QED) is 0.817. The van der Waals surface area contributed by atoms with Gasteiger partial charge in [0.2, 0.25) is 0 Å². The summed E-state index contributed by atoms with van der Waals surface area (Å²) in [6.45, 7) is 3.00. The second kappa shape index (κ2) is 4.45. The number of hydrogen-bond acceptors (Lipinski definition) is 3. The first-order valence-corrected chi connectivity index (χ1v) is 4.82. The van der Waals surface area contributed by atoms with Crippen molar-refractivity contribution in [2.75, 3.05) is 7.11 Å². The molecule has 0 aromatic heterocycles. The predicted molar refractivity (Wildman–Crippen MR) is 58.0 cm³/mol. The monoisotopic (exact) mass is 208 g/mol. The minimum absolute atomic E-state index is 0.187. The van der Waals surface area contributed by atoms with Gasteiger partial charge in [-0.2, -0.15) is 0 Å². The first-order chi connectivity index (χ1) is 6.93. The summed E-state index contributed by atoms with van der Waals surface area (Å²) in [6.07, 6.45) is 0.244. The average molecular weight is 208 g/mol. The van der Waals surface area contributed by atoms with Crippen LogP contribution in [-0.2, 0) is 11.2 Å². The molecule has 0 amide bonds. The van der Waals surface area contributed by atoms with E-state index in [0.29, 0.717) is 0 Å². The molecule has 3 heteroatoms. The van der Waals surface area contributed by atoms with Gasteiger partial charge in [0.05, 0.1) is 7.11 Å². The summed E-state index contributed by atoms with van der Waals surface area (Å²) >= 11 is 0. The van der Waals surface area contributed by atoms with Gasteiger partial charge in [-0.1, -0.05) is 12.1 Å². The third-order valence-electron chi connectivity index (χ3n) is 2.21. The number of aliphatic hydroxyl groups is 1. The van der Waals surface area contributed by atoms with E-state index in [-0.39, 0.29) is 12.2 Å². The highest BCUT2D eigenvalue weighted by molar-refractivity contribution is 5.88. The number of Topliss-reactive ketones (excluding diaryl/α,β-unsaturated/α-hetero) is 1. The highest BCUT2D eigenvalue weighted by atomic mass is 16.5. The van der Waals surface area contributed by atoms with Crippen molar-refractivity contribution in [1.82, 2.24) is 0 Å². The number of hydrogen-bond donors (Lipinski definition) is 1. The summed E-state index contributed by atoms with van der Waals surface area (Å²) in [7, 11) is 1.59. The molecule has 1 aromatic carbocycles. The van der Waals surface area contributed by atoms with E-state index in [2.05, 4.69) is 0 Å². The molecule has 0 aliphatic heterocycles. The van der Waals surface area contributed by atoms with Crippen LogP contribution in [0.25, 0.3) is 0 Å². The van der Waals surface area contributed by atoms with Gasteiger partial charge in [0, 0.05) is 6.42 Å². The van der Waals surface area contributed by atoms with E-state index in [1.165, 1.54) is 13.8 Å². The number of methoxy groups -OCH3 is 1. The Hall–Kier alpha value is -1.35. The van der Waals surface area contributed by atoms with Crippen molar-refractivity contribution >= 4 is 5.78 Å². The van der Waals surface area contributed by atoms with E-state index in [1.54, 1.807) is 19.2 Å². The first kappa shape index (κ1) is 11.7. The van der Waals surface area contributed by atoms with Crippen LogP contribution in [-0.4, -0.2) is 23.6 Å². The number of carbonyl (C=O) groups is 1. The summed E-state index contributed by atoms with van der Waals surface area (Å²) in [6, 6.07) is 7.24. The Labute approximate surface area is 89.7 Å². The van der Waals surface area contributed by atoms with E-state index in [1.807, 2.05) is 12.1 Å². The lowest BCUT2D eigenvalue weighted by atomic mass is 9.97. The van der Waals surface area contributed by atoms with Crippen molar-refractivity contribution < 1.29 is 14.6 Å². The fourth-order valence-electron chi connectivity index (χ4n) is 1.15. The maximum Gasteiger partial charge on any atom is 0.168 e. The predicted octanol–water partition coefficient (Wildman–Crippen LogP) is 1.58. The van der Waals surface area contributed by atoms with Crippen LogP contribution in [0.4, 0.5) is 0 Å². The van der Waals surface area contributed by atoms with E-state index in [4.69, 9.17) is 4.74 Å². The van der Waals surface area contributed by atoms with Crippen molar-refractivity contribution in [2.45, 2.75) is 25.9 Å². The number of rotatable bonds is 4. The van der Waals surface area contributed by atoms with Crippen LogP contribution in [0.5, 0.6) is 5.75 Å². The highest BCUT2D eigenvalue weighted by Crippen LogP contribution is 2.14. The third-order valence-corrected chi connectivity index (χ3v) is 2.21. The van der Waals surface area contributed by atoms with Crippen LogP contribution >= 0.6 is 0 Å². The standard InChI is InChI=1S/C12H16O3/c1-12(2,14)11(13)8-9-4-6-10(15-3)7-5-9/h4-7,14H,8H2,1-3H3. The van der Waals surface area contributed by atoms with Crippen LogP contribution in [0.2, 0.25) is 0 Å². The lowest BCUT2D eigenvalue weighted by Gasteiger charge is -2.15. The van der Waals surface area contributed by atoms with E-state index < -0.39 is 5.60 Å². The normalized spacial score (nSPS) is 11.2. The molecule has 0 saturated carbocycles. The Morgan fingerprint density at radius 1 is 1.33 bits per heavy atom. The number of benzene rings is 1. The minimum Gasteiger partial charge on any atom is -0.497 e. The Morgan fingerprint density at radius 3 is 2.27 bits per heavy atom. The lowest BCUT2D eigenvalue weighted by Crippen LogP contribution is -2.32. The Morgan fingerprint density at radius 2 is 1.87 bits per heavy atom. The lowest BCUT2D eigenvalue weighted by molar-refractivity contribution is -0.133. The zero-order valence-corrected chi connectivity index (χ0v) is 9.28. The van der Waals surface area contributed by atoms with Gasteiger partial charge in [-0.25, -0.2) is 0 Å². The van der Waals surface area contributed by atoms with Gasteiger partial charge in [0.25, 0.3) is 0 Å². The van der Waals surface area contributed by atoms with Crippen molar-refractivity contribution in [1.29, 1.82) is 0 Å². The smallest absolute Gasteiger partial charge is 0.168 e. The molecule has 0 aliphatic rings. The van der Waals surface area contributed by atoms with Crippen LogP contribution < -0.4 is 4.74 Å². The summed E-state index contributed by atoms with van der Waals surface area (Å²) < 4.78 is 5.01. The summed E-state index contributed by atoms with van der Waals surface area (Å²) in [5.41, 5.74) is -0.386. The maximum atomic E-state index is 11.5. The molecule has 0 radical (unpaired) electrons. The van der Waals surface area contributed by atoms with Gasteiger partial charge < -0.3 is 9.84 Å². The largest absolute Gasteiger partial charge is 0.497 e. The van der Waals surface area contributed by atoms with Crippen LogP contribution in [0.1, 0.15) is 19.4 Å². The van der Waals surface area contributed by atoms with Crippen molar-refractivity contribution in [2.24, 2.45) is 0 Å². The van der Waals surface area contributed by atoms with E-state index in [9.17, 15) is 9.90 Å². The zero-order valence-electron chi connectivity index (χ0n) is 9.28. The molecule has 0 aliphatic carbocycles. The molecule has 0 atom stereocenters. The molecule has 0 heterocycles. The average Bonchev–Trinajstić information content (AvgIpc) is 2.17. The molecule has 0 spiro atoms. The Bertz CT molecular complexity index is 333. The Kier molecular flexibility index (Phi) is 3.48. The maximum absolute atomic E-state index is 11.5. The molecule has 1 aromatic rings. The second-order valence-electron chi connectivity index (χ2n) is 4.01. The van der Waals surface area contributed by atoms with Crippen molar-refractivity contribution in [3.63, 3.8) is 0 Å². The van der Waals surface area contributed by atoms with Gasteiger partial charge in [0.1, 0.15) is 11.4 Å². The fourth-order valence-corrected chi connectivity index (χ4v) is 1.15. The fraction of sp³-hybridized carbons (Fsp3) is 0.417. The summed E-state index contributed by atoms with van der Waals surface area (Å²) in [4.78, 5) is 11.5. The van der Waals surface area contributed by atoms with Gasteiger partial charge in [-0.05, 0) is 31.5 Å². The number of ether oxygens (including phenoxy) is 1. The van der Waals surface area contributed by atoms with Crippen LogP contribution in [0, 0.1) is 0 Å². The van der Waals surface area contributed by atoms with E-state index in [0.717, 1.165) is 11.3 Å². The highest BCUT2D eigenvalue weighted by Gasteiger charge is 2.23. The molecule has 0 bridgehead atoms. The van der Waals surface area contributed by atoms with Crippen molar-refractivity contribution in [3.05, 3.63) is 29.8 Å². The zero-order chi connectivity index (χ0) is 11.5. The van der Waals surface area contributed by atoms with Crippen LogP contribution in [0.15, 0.2) is 24.3 Å². The van der Waals surface area contributed by atoms with Crippen molar-refractivity contribution in [3.8, 4) is 5.75 Å². The first-order valence-electron chi connectivity index (χ1n) is 4.82. The molecule has 3 nitrogen and oxygen atoms in total.